The van der Waals surface area contributed by atoms with Gasteiger partial charge in [0, 0.05) is 4.47 Å². The van der Waals surface area contributed by atoms with E-state index in [1.54, 1.807) is 32.4 Å². The van der Waals surface area contributed by atoms with Gasteiger partial charge in [0.1, 0.15) is 17.3 Å². The standard InChI is InChI=1S/C12H12BrNO3S/c1-8-6-14-12(17-8)7-18(15)11-5-9(13)3-4-10(11)16-2/h3-6H,7H2,1-2H3/t18-/m0/s1. The topological polar surface area (TPSA) is 52.3 Å². The number of halogens is 1. The molecule has 96 valence electrons. The van der Waals surface area contributed by atoms with Gasteiger partial charge in [-0.05, 0) is 25.1 Å². The minimum atomic E-state index is -1.25. The number of methoxy groups -OCH3 is 1. The van der Waals surface area contributed by atoms with Gasteiger partial charge in [-0.2, -0.15) is 0 Å². The van der Waals surface area contributed by atoms with Crippen LogP contribution in [0.25, 0.3) is 0 Å². The molecule has 2 rings (SSSR count). The van der Waals surface area contributed by atoms with E-state index in [1.165, 1.54) is 0 Å². The number of benzene rings is 1. The summed E-state index contributed by atoms with van der Waals surface area (Å²) >= 11 is 3.35. The van der Waals surface area contributed by atoms with Crippen molar-refractivity contribution in [2.75, 3.05) is 7.11 Å². The third-order valence-corrected chi connectivity index (χ3v) is 4.11. The first-order valence-corrected chi connectivity index (χ1v) is 7.34. The van der Waals surface area contributed by atoms with Gasteiger partial charge in [-0.3, -0.25) is 4.21 Å². The van der Waals surface area contributed by atoms with E-state index in [1.807, 2.05) is 6.07 Å². The number of rotatable bonds is 4. The summed E-state index contributed by atoms with van der Waals surface area (Å²) in [7, 11) is 0.301. The van der Waals surface area contributed by atoms with Gasteiger partial charge in [0.05, 0.1) is 29.0 Å². The number of aryl methyl sites for hydroxylation is 1. The maximum atomic E-state index is 12.3. The molecule has 1 atom stereocenters. The Kier molecular flexibility index (Phi) is 4.19. The predicted octanol–water partition coefficient (Wildman–Crippen LogP) is 3.06. The number of ether oxygens (including phenoxy) is 1. The smallest absolute Gasteiger partial charge is 0.207 e. The molecule has 0 amide bonds. The highest BCUT2D eigenvalue weighted by atomic mass is 79.9. The van der Waals surface area contributed by atoms with Crippen molar-refractivity contribution >= 4 is 26.7 Å². The second-order valence-electron chi connectivity index (χ2n) is 3.65. The molecule has 1 heterocycles. The summed E-state index contributed by atoms with van der Waals surface area (Å²) in [5, 5.41) is 0. The SMILES string of the molecule is COc1ccc(Br)cc1[S@@](=O)Cc1ncc(C)o1. The molecule has 2 aromatic rings. The fourth-order valence-electron chi connectivity index (χ4n) is 1.49. The lowest BCUT2D eigenvalue weighted by atomic mass is 10.3. The normalized spacial score (nSPS) is 12.4. The van der Waals surface area contributed by atoms with E-state index in [-0.39, 0.29) is 5.75 Å². The summed E-state index contributed by atoms with van der Waals surface area (Å²) < 4.78 is 23.6. The zero-order chi connectivity index (χ0) is 13.1. The molecule has 0 radical (unpaired) electrons. The Morgan fingerprint density at radius 1 is 1.50 bits per heavy atom. The molecule has 1 aromatic heterocycles. The van der Waals surface area contributed by atoms with Gasteiger partial charge in [-0.1, -0.05) is 15.9 Å². The third-order valence-electron chi connectivity index (χ3n) is 2.29. The van der Waals surface area contributed by atoms with E-state index in [9.17, 15) is 4.21 Å². The van der Waals surface area contributed by atoms with Gasteiger partial charge in [-0.15, -0.1) is 0 Å². The van der Waals surface area contributed by atoms with Crippen molar-refractivity contribution in [3.05, 3.63) is 40.5 Å². The highest BCUT2D eigenvalue weighted by Crippen LogP contribution is 2.27. The summed E-state index contributed by atoms with van der Waals surface area (Å²) in [5.41, 5.74) is 0. The molecule has 0 aliphatic heterocycles. The lowest BCUT2D eigenvalue weighted by Gasteiger charge is -2.07. The molecule has 18 heavy (non-hydrogen) atoms. The lowest BCUT2D eigenvalue weighted by molar-refractivity contribution is 0.403. The van der Waals surface area contributed by atoms with Crippen molar-refractivity contribution in [3.63, 3.8) is 0 Å². The summed E-state index contributed by atoms with van der Waals surface area (Å²) in [6.45, 7) is 1.80. The maximum absolute atomic E-state index is 12.3. The van der Waals surface area contributed by atoms with Crippen LogP contribution in [0.3, 0.4) is 0 Å². The van der Waals surface area contributed by atoms with Gasteiger partial charge >= 0.3 is 0 Å². The van der Waals surface area contributed by atoms with Gasteiger partial charge in [-0.25, -0.2) is 4.98 Å². The molecule has 0 N–H and O–H groups in total. The van der Waals surface area contributed by atoms with Crippen molar-refractivity contribution < 1.29 is 13.4 Å². The maximum Gasteiger partial charge on any atom is 0.207 e. The summed E-state index contributed by atoms with van der Waals surface area (Å²) in [5.74, 6) is 2.01. The highest BCUT2D eigenvalue weighted by Gasteiger charge is 2.14. The average molecular weight is 330 g/mol. The lowest BCUT2D eigenvalue weighted by Crippen LogP contribution is -1.99. The molecule has 0 spiro atoms. The van der Waals surface area contributed by atoms with Crippen LogP contribution in [-0.4, -0.2) is 16.3 Å². The van der Waals surface area contributed by atoms with E-state index in [0.717, 1.165) is 4.47 Å². The molecule has 0 bridgehead atoms. The van der Waals surface area contributed by atoms with E-state index in [4.69, 9.17) is 9.15 Å². The third kappa shape index (κ3) is 3.00. The van der Waals surface area contributed by atoms with E-state index < -0.39 is 10.8 Å². The fraction of sp³-hybridized carbons (Fsp3) is 0.250. The average Bonchev–Trinajstić information content (AvgIpc) is 2.74. The Morgan fingerprint density at radius 2 is 2.28 bits per heavy atom. The Morgan fingerprint density at radius 3 is 2.89 bits per heavy atom. The fourth-order valence-corrected chi connectivity index (χ4v) is 3.15. The number of nitrogens with zero attached hydrogens (tertiary/aromatic N) is 1. The van der Waals surface area contributed by atoms with Gasteiger partial charge in [0.2, 0.25) is 5.89 Å². The quantitative estimate of drug-likeness (QED) is 0.865. The number of hydrogen-bond acceptors (Lipinski definition) is 4. The Labute approximate surface area is 116 Å². The second kappa shape index (κ2) is 5.67. The number of oxazole rings is 1. The van der Waals surface area contributed by atoms with Crippen molar-refractivity contribution in [2.45, 2.75) is 17.6 Å². The molecule has 0 saturated carbocycles. The van der Waals surface area contributed by atoms with Crippen LogP contribution in [0.15, 0.2) is 38.2 Å². The zero-order valence-corrected chi connectivity index (χ0v) is 12.4. The van der Waals surface area contributed by atoms with Crippen molar-refractivity contribution in [1.82, 2.24) is 4.98 Å². The first kappa shape index (κ1) is 13.3. The van der Waals surface area contributed by atoms with Crippen molar-refractivity contribution in [3.8, 4) is 5.75 Å². The molecule has 0 saturated heterocycles. The monoisotopic (exact) mass is 329 g/mol. The minimum absolute atomic E-state index is 0.237. The highest BCUT2D eigenvalue weighted by molar-refractivity contribution is 9.10. The molecule has 0 fully saturated rings. The van der Waals surface area contributed by atoms with Crippen LogP contribution in [0.5, 0.6) is 5.75 Å². The van der Waals surface area contributed by atoms with Crippen LogP contribution in [0.4, 0.5) is 0 Å². The molecule has 0 aliphatic rings. The van der Waals surface area contributed by atoms with Crippen LogP contribution < -0.4 is 4.74 Å². The Hall–Kier alpha value is -1.14. The molecule has 4 nitrogen and oxygen atoms in total. The molecule has 1 aromatic carbocycles. The minimum Gasteiger partial charge on any atom is -0.495 e. The molecule has 6 heteroatoms. The van der Waals surface area contributed by atoms with Gasteiger partial charge in [0.25, 0.3) is 0 Å². The van der Waals surface area contributed by atoms with Crippen LogP contribution in [0.1, 0.15) is 11.7 Å². The number of aromatic nitrogens is 1. The van der Waals surface area contributed by atoms with Crippen LogP contribution >= 0.6 is 15.9 Å². The van der Waals surface area contributed by atoms with Gasteiger partial charge in [0.15, 0.2) is 0 Å². The summed E-state index contributed by atoms with van der Waals surface area (Å²) in [6.07, 6.45) is 1.62. The molecule has 0 aliphatic carbocycles. The zero-order valence-electron chi connectivity index (χ0n) is 9.97. The largest absolute Gasteiger partial charge is 0.495 e. The van der Waals surface area contributed by atoms with Crippen LogP contribution in [-0.2, 0) is 16.6 Å². The first-order valence-electron chi connectivity index (χ1n) is 5.23. The number of hydrogen-bond donors (Lipinski definition) is 0. The summed E-state index contributed by atoms with van der Waals surface area (Å²) in [4.78, 5) is 4.67. The van der Waals surface area contributed by atoms with Crippen molar-refractivity contribution in [2.24, 2.45) is 0 Å². The van der Waals surface area contributed by atoms with Crippen molar-refractivity contribution in [1.29, 1.82) is 0 Å². The Bertz CT molecular complexity index is 582. The molecule has 0 unspecified atom stereocenters. The van der Waals surface area contributed by atoms with E-state index >= 15 is 0 Å². The van der Waals surface area contributed by atoms with Crippen LogP contribution in [0.2, 0.25) is 0 Å². The van der Waals surface area contributed by atoms with E-state index in [2.05, 4.69) is 20.9 Å². The Balaban J connectivity index is 2.25. The predicted molar refractivity (Wildman–Crippen MR) is 72.0 cm³/mol. The molecular weight excluding hydrogens is 318 g/mol. The summed E-state index contributed by atoms with van der Waals surface area (Å²) in [6, 6.07) is 5.40. The van der Waals surface area contributed by atoms with Crippen LogP contribution in [0, 0.1) is 6.92 Å². The van der Waals surface area contributed by atoms with E-state index in [0.29, 0.717) is 22.3 Å². The second-order valence-corrected chi connectivity index (χ2v) is 5.98. The first-order chi connectivity index (χ1) is 8.60. The molecular formula is C12H12BrNO3S. The van der Waals surface area contributed by atoms with Gasteiger partial charge < -0.3 is 9.15 Å².